The van der Waals surface area contributed by atoms with Gasteiger partial charge in [0.25, 0.3) is 0 Å². The molecule has 86 valence electrons. The first-order valence-corrected chi connectivity index (χ1v) is 5.21. The van der Waals surface area contributed by atoms with Crippen LogP contribution in [0.1, 0.15) is 11.1 Å². The second-order valence-electron chi connectivity index (χ2n) is 3.77. The Hall–Kier alpha value is -1.55. The van der Waals surface area contributed by atoms with Crippen molar-refractivity contribution in [2.75, 3.05) is 13.7 Å². The first kappa shape index (κ1) is 11.0. The maximum atomic E-state index is 10.9. The van der Waals surface area contributed by atoms with Crippen LogP contribution >= 0.6 is 0 Å². The molecule has 0 aliphatic carbocycles. The van der Waals surface area contributed by atoms with E-state index in [-0.39, 0.29) is 0 Å². The summed E-state index contributed by atoms with van der Waals surface area (Å²) in [5.74, 6) is -0.107. The average molecular weight is 222 g/mol. The number of carboxylic acid groups (broad SMARTS) is 1. The third kappa shape index (κ3) is 2.02. The van der Waals surface area contributed by atoms with Crippen LogP contribution in [0, 0.1) is 0 Å². The number of hydrogen-bond acceptors (Lipinski definition) is 3. The van der Waals surface area contributed by atoms with E-state index in [9.17, 15) is 4.79 Å². The van der Waals surface area contributed by atoms with Crippen molar-refractivity contribution in [2.45, 2.75) is 18.9 Å². The van der Waals surface area contributed by atoms with Gasteiger partial charge in [-0.15, -0.1) is 0 Å². The van der Waals surface area contributed by atoms with E-state index < -0.39 is 12.1 Å². The molecule has 0 spiro atoms. The molecule has 16 heavy (non-hydrogen) atoms. The van der Waals surface area contributed by atoms with Crippen molar-refractivity contribution in [1.82, 2.24) is 0 Å². The lowest BCUT2D eigenvalue weighted by molar-refractivity contribution is -0.148. The first-order chi connectivity index (χ1) is 7.72. The van der Waals surface area contributed by atoms with Gasteiger partial charge in [0.1, 0.15) is 5.75 Å². The van der Waals surface area contributed by atoms with Gasteiger partial charge in [0.2, 0.25) is 0 Å². The van der Waals surface area contributed by atoms with Crippen LogP contribution in [0.3, 0.4) is 0 Å². The summed E-state index contributed by atoms with van der Waals surface area (Å²) in [6.45, 7) is 0.678. The van der Waals surface area contributed by atoms with E-state index in [4.69, 9.17) is 14.6 Å². The molecule has 1 aliphatic rings. The van der Waals surface area contributed by atoms with Gasteiger partial charge in [0.05, 0.1) is 6.61 Å². The molecule has 4 nitrogen and oxygen atoms in total. The summed E-state index contributed by atoms with van der Waals surface area (Å²) in [5.41, 5.74) is 2.06. The molecule has 0 bridgehead atoms. The second-order valence-corrected chi connectivity index (χ2v) is 3.77. The van der Waals surface area contributed by atoms with E-state index in [1.54, 1.807) is 0 Å². The van der Waals surface area contributed by atoms with Crippen LogP contribution in [0.4, 0.5) is 0 Å². The summed E-state index contributed by atoms with van der Waals surface area (Å²) in [7, 11) is 1.41. The Morgan fingerprint density at radius 1 is 1.62 bits per heavy atom. The maximum Gasteiger partial charge on any atom is 0.333 e. The number of aliphatic carboxylic acids is 1. The molecule has 1 aliphatic heterocycles. The number of rotatable bonds is 4. The maximum absolute atomic E-state index is 10.9. The number of ether oxygens (including phenoxy) is 2. The van der Waals surface area contributed by atoms with Gasteiger partial charge in [-0.2, -0.15) is 0 Å². The zero-order chi connectivity index (χ0) is 11.5. The molecule has 1 unspecified atom stereocenters. The van der Waals surface area contributed by atoms with Crippen molar-refractivity contribution < 1.29 is 19.4 Å². The molecule has 0 saturated heterocycles. The van der Waals surface area contributed by atoms with Gasteiger partial charge in [0, 0.05) is 20.0 Å². The number of carbonyl (C=O) groups is 1. The Morgan fingerprint density at radius 2 is 2.44 bits per heavy atom. The van der Waals surface area contributed by atoms with Gasteiger partial charge >= 0.3 is 5.97 Å². The Kier molecular flexibility index (Phi) is 3.10. The molecule has 0 amide bonds. The minimum absolute atomic E-state index is 0.342. The predicted molar refractivity (Wildman–Crippen MR) is 57.8 cm³/mol. The van der Waals surface area contributed by atoms with E-state index in [0.717, 1.165) is 23.3 Å². The Morgan fingerprint density at radius 3 is 3.12 bits per heavy atom. The molecule has 1 aromatic rings. The van der Waals surface area contributed by atoms with E-state index in [1.807, 2.05) is 18.2 Å². The lowest BCUT2D eigenvalue weighted by Gasteiger charge is -2.12. The second kappa shape index (κ2) is 4.53. The lowest BCUT2D eigenvalue weighted by atomic mass is 10.0. The van der Waals surface area contributed by atoms with Gasteiger partial charge in [0.15, 0.2) is 6.10 Å². The van der Waals surface area contributed by atoms with Crippen LogP contribution in [-0.2, 0) is 22.4 Å². The lowest BCUT2D eigenvalue weighted by Crippen LogP contribution is -2.25. The summed E-state index contributed by atoms with van der Waals surface area (Å²) in [4.78, 5) is 10.9. The molecular weight excluding hydrogens is 208 g/mol. The highest BCUT2D eigenvalue weighted by Gasteiger charge is 2.22. The van der Waals surface area contributed by atoms with E-state index in [0.29, 0.717) is 13.0 Å². The third-order valence-electron chi connectivity index (χ3n) is 2.76. The van der Waals surface area contributed by atoms with Gasteiger partial charge < -0.3 is 14.6 Å². The molecule has 1 N–H and O–H groups in total. The molecule has 1 heterocycles. The Labute approximate surface area is 93.8 Å². The fraction of sp³-hybridized carbons (Fsp3) is 0.417. The smallest absolute Gasteiger partial charge is 0.333 e. The molecule has 0 fully saturated rings. The minimum atomic E-state index is -0.946. The van der Waals surface area contributed by atoms with Gasteiger partial charge in [-0.3, -0.25) is 0 Å². The topological polar surface area (TPSA) is 55.8 Å². The number of fused-ring (bicyclic) bond motifs is 1. The zero-order valence-electron chi connectivity index (χ0n) is 9.10. The molecule has 0 aromatic heterocycles. The highest BCUT2D eigenvalue weighted by Crippen LogP contribution is 2.30. The number of benzene rings is 1. The quantitative estimate of drug-likeness (QED) is 0.833. The third-order valence-corrected chi connectivity index (χ3v) is 2.76. The Bertz CT molecular complexity index is 400. The average Bonchev–Trinajstić information content (AvgIpc) is 2.73. The van der Waals surface area contributed by atoms with Crippen molar-refractivity contribution >= 4 is 5.97 Å². The SMILES string of the molecule is COC(Cc1cccc2c1OCC2)C(=O)O. The molecule has 0 radical (unpaired) electrons. The number of methoxy groups -OCH3 is 1. The van der Waals surface area contributed by atoms with Gasteiger partial charge in [-0.05, 0) is 11.1 Å². The fourth-order valence-corrected chi connectivity index (χ4v) is 1.92. The van der Waals surface area contributed by atoms with Gasteiger partial charge in [-0.1, -0.05) is 18.2 Å². The summed E-state index contributed by atoms with van der Waals surface area (Å²) < 4.78 is 10.4. The van der Waals surface area contributed by atoms with Crippen LogP contribution in [0.5, 0.6) is 5.75 Å². The van der Waals surface area contributed by atoms with E-state index in [2.05, 4.69) is 0 Å². The van der Waals surface area contributed by atoms with Crippen molar-refractivity contribution in [3.8, 4) is 5.75 Å². The number of para-hydroxylation sites is 1. The fourth-order valence-electron chi connectivity index (χ4n) is 1.92. The predicted octanol–water partition coefficient (Wildman–Crippen LogP) is 1.26. The normalized spacial score (nSPS) is 15.3. The summed E-state index contributed by atoms with van der Waals surface area (Å²) in [5, 5.41) is 8.92. The van der Waals surface area contributed by atoms with Crippen molar-refractivity contribution in [2.24, 2.45) is 0 Å². The minimum Gasteiger partial charge on any atom is -0.493 e. The van der Waals surface area contributed by atoms with Crippen LogP contribution in [-0.4, -0.2) is 30.9 Å². The first-order valence-electron chi connectivity index (χ1n) is 5.21. The van der Waals surface area contributed by atoms with Crippen molar-refractivity contribution in [1.29, 1.82) is 0 Å². The van der Waals surface area contributed by atoms with Crippen LogP contribution in [0.25, 0.3) is 0 Å². The number of hydrogen-bond donors (Lipinski definition) is 1. The van der Waals surface area contributed by atoms with E-state index in [1.165, 1.54) is 7.11 Å². The van der Waals surface area contributed by atoms with Crippen molar-refractivity contribution in [3.63, 3.8) is 0 Å². The Balaban J connectivity index is 2.21. The largest absolute Gasteiger partial charge is 0.493 e. The summed E-state index contributed by atoms with van der Waals surface area (Å²) in [6.07, 6.45) is 0.429. The molecular formula is C12H14O4. The molecule has 1 atom stereocenters. The highest BCUT2D eigenvalue weighted by atomic mass is 16.5. The number of carboxylic acids is 1. The molecule has 0 saturated carbocycles. The van der Waals surface area contributed by atoms with Crippen LogP contribution < -0.4 is 4.74 Å². The molecule has 1 aromatic carbocycles. The zero-order valence-corrected chi connectivity index (χ0v) is 9.10. The molecule has 4 heteroatoms. The monoisotopic (exact) mass is 222 g/mol. The van der Waals surface area contributed by atoms with E-state index >= 15 is 0 Å². The summed E-state index contributed by atoms with van der Waals surface area (Å²) >= 11 is 0. The molecule has 2 rings (SSSR count). The van der Waals surface area contributed by atoms with Crippen molar-refractivity contribution in [3.05, 3.63) is 29.3 Å². The highest BCUT2D eigenvalue weighted by molar-refractivity contribution is 5.73. The van der Waals surface area contributed by atoms with Crippen LogP contribution in [0.2, 0.25) is 0 Å². The van der Waals surface area contributed by atoms with Crippen LogP contribution in [0.15, 0.2) is 18.2 Å². The van der Waals surface area contributed by atoms with Gasteiger partial charge in [-0.25, -0.2) is 4.79 Å². The standard InChI is InChI=1S/C12H14O4/c1-15-10(12(13)14)7-9-4-2-3-8-5-6-16-11(8)9/h2-4,10H,5-7H2,1H3,(H,13,14). The summed E-state index contributed by atoms with van der Waals surface area (Å²) in [6, 6.07) is 5.82.